The third kappa shape index (κ3) is 27.0. The van der Waals surface area contributed by atoms with Gasteiger partial charge in [0.05, 0.1) is 11.9 Å². The van der Waals surface area contributed by atoms with Crippen LogP contribution in [0.25, 0.3) is 0 Å². The summed E-state index contributed by atoms with van der Waals surface area (Å²) in [6, 6.07) is 2.17. The molecule has 0 aromatic carbocycles. The van der Waals surface area contributed by atoms with Crippen LogP contribution in [0.15, 0.2) is 184 Å². The van der Waals surface area contributed by atoms with E-state index in [0.717, 1.165) is 76.1 Å². The highest BCUT2D eigenvalue weighted by Crippen LogP contribution is 2.29. The van der Waals surface area contributed by atoms with Gasteiger partial charge in [0.25, 0.3) is 0 Å². The summed E-state index contributed by atoms with van der Waals surface area (Å²) in [5.74, 6) is 1.77. The maximum absolute atomic E-state index is 11.1. The van der Waals surface area contributed by atoms with Crippen molar-refractivity contribution in [1.29, 1.82) is 0 Å². The van der Waals surface area contributed by atoms with Crippen molar-refractivity contribution in [3.05, 3.63) is 185 Å². The molecule has 1 atom stereocenters. The molecule has 0 saturated carbocycles. The van der Waals surface area contributed by atoms with Gasteiger partial charge < -0.3 is 40.9 Å². The summed E-state index contributed by atoms with van der Waals surface area (Å²) in [5, 5.41) is 26.8. The summed E-state index contributed by atoms with van der Waals surface area (Å²) >= 11 is 0. The number of aliphatic imine (C=N–C) groups is 2. The van der Waals surface area contributed by atoms with E-state index in [4.69, 9.17) is 10.2 Å². The Morgan fingerprint density at radius 2 is 1.37 bits per heavy atom. The third-order valence-electron chi connectivity index (χ3n) is 12.2. The number of hydrogen-bond acceptors (Lipinski definition) is 12. The van der Waals surface area contributed by atoms with Crippen LogP contribution in [-0.2, 0) is 14.4 Å². The zero-order valence-corrected chi connectivity index (χ0v) is 49.3. The van der Waals surface area contributed by atoms with Gasteiger partial charge in [0.2, 0.25) is 0 Å². The number of carboxylic acid groups (broad SMARTS) is 2. The van der Waals surface area contributed by atoms with E-state index in [1.54, 1.807) is 17.3 Å². The number of hydrogen-bond donors (Lipinski definition) is 6. The molecule has 78 heavy (non-hydrogen) atoms. The number of aromatic amines is 1. The van der Waals surface area contributed by atoms with Crippen LogP contribution in [0, 0.1) is 35.5 Å². The van der Waals surface area contributed by atoms with Crippen molar-refractivity contribution in [2.45, 2.75) is 135 Å². The largest absolute Gasteiger partial charge is 0.480 e. The van der Waals surface area contributed by atoms with E-state index in [1.165, 1.54) is 11.8 Å². The fourth-order valence-electron chi connectivity index (χ4n) is 7.63. The van der Waals surface area contributed by atoms with Gasteiger partial charge in [0.1, 0.15) is 13.1 Å². The van der Waals surface area contributed by atoms with E-state index in [9.17, 15) is 19.2 Å². The highest BCUT2D eigenvalue weighted by Gasteiger charge is 2.28. The molecule has 0 bridgehead atoms. The lowest BCUT2D eigenvalue weighted by molar-refractivity contribution is -0.139. The molecule has 7 rings (SSSR count). The highest BCUT2D eigenvalue weighted by atomic mass is 16.4. The number of carbonyl (C=O) groups excluding carboxylic acids is 1. The fraction of sp³-hybridized carbons (Fsp3) is 0.444. The lowest BCUT2D eigenvalue weighted by Gasteiger charge is -2.40. The van der Waals surface area contributed by atoms with Gasteiger partial charge in [-0.25, -0.2) is 9.78 Å². The first kappa shape index (κ1) is 68.5. The zero-order chi connectivity index (χ0) is 59.2. The number of nitrogens with one attached hydrogen (secondary N) is 4. The van der Waals surface area contributed by atoms with Gasteiger partial charge in [-0.15, -0.1) is 0 Å². The molecule has 6 N–H and O–H groups in total. The van der Waals surface area contributed by atoms with Gasteiger partial charge in [-0.05, 0) is 96.1 Å². The number of allylic oxidation sites excluding steroid dienone is 16. The van der Waals surface area contributed by atoms with Crippen molar-refractivity contribution < 1.29 is 24.6 Å². The molecule has 5 aliphatic heterocycles. The summed E-state index contributed by atoms with van der Waals surface area (Å²) in [5.41, 5.74) is 10.6. The molecule has 1 aromatic rings. The van der Waals surface area contributed by atoms with E-state index in [1.807, 2.05) is 114 Å². The first-order chi connectivity index (χ1) is 36.5. The standard InChI is InChI=1S/C11H19NO2.C11H15NO2.C9H13N.C9H12O.2C8H12N2.C7H10N2O/c2*1-8(2)10-6-4-5-9(3)12(10)7-11(13)14;1-7(2)9-5-4-8(3)10-6-9;1-7(2)8-5-3-4-6-9(8)10;1-6(2)8-5-9-7(3)4-10-8;1-6(2)8-5-9-4-7(3)10-8;1-5(2)6-3-4-8-7(10)9-6/h8,10H,3-7H2,1-2H3,(H,13,14);4-6,8H,3,7H2,1-2H3,(H,13,14);4-7,10H,3H2,1-2H3;3-5,7H,6H2,1-2H3;4-6,9H,3H2,1-2H3;4-6,10H,3H2,1-2H3;3-5H,1-2H3,(H,8,9,10). The first-order valence-corrected chi connectivity index (χ1v) is 27.0. The van der Waals surface area contributed by atoms with Gasteiger partial charge >= 0.3 is 17.6 Å². The second-order valence-corrected chi connectivity index (χ2v) is 21.3. The topological polar surface area (TPSA) is 205 Å². The van der Waals surface area contributed by atoms with E-state index in [0.29, 0.717) is 53.9 Å². The number of likely N-dealkylation sites (tertiary alicyclic amines) is 1. The maximum Gasteiger partial charge on any atom is 0.345 e. The molecular formula is C63H93N9O6. The zero-order valence-electron chi connectivity index (χ0n) is 49.3. The van der Waals surface area contributed by atoms with E-state index in [-0.39, 0.29) is 24.6 Å². The predicted molar refractivity (Wildman–Crippen MR) is 324 cm³/mol. The molecule has 1 aromatic heterocycles. The van der Waals surface area contributed by atoms with Crippen molar-refractivity contribution >= 4 is 30.2 Å². The second kappa shape index (κ2) is 35.7. The van der Waals surface area contributed by atoms with Gasteiger partial charge in [0, 0.05) is 89.0 Å². The molecule has 1 unspecified atom stereocenters. The lowest BCUT2D eigenvalue weighted by Crippen LogP contribution is -2.43. The van der Waals surface area contributed by atoms with E-state index < -0.39 is 11.9 Å². The summed E-state index contributed by atoms with van der Waals surface area (Å²) in [7, 11) is 0. The summed E-state index contributed by atoms with van der Waals surface area (Å²) in [4.78, 5) is 61.1. The number of Topliss-reactive ketones (excluding diaryl/α,β-unsaturated/α-hetero) is 1. The number of aliphatic carboxylic acids is 2. The Balaban J connectivity index is 0.000000457. The van der Waals surface area contributed by atoms with Crippen LogP contribution in [0.2, 0.25) is 0 Å². The Labute approximate surface area is 467 Å². The number of rotatable bonds is 11. The quantitative estimate of drug-likeness (QED) is 0.122. The molecule has 6 heterocycles. The minimum absolute atomic E-state index is 0.0206. The predicted octanol–water partition coefficient (Wildman–Crippen LogP) is 12.6. The lowest BCUT2D eigenvalue weighted by atomic mass is 9.91. The Hall–Kier alpha value is -7.55. The van der Waals surface area contributed by atoms with Crippen LogP contribution in [0.4, 0.5) is 0 Å². The van der Waals surface area contributed by atoms with Gasteiger partial charge in [-0.2, -0.15) is 0 Å². The average Bonchev–Trinajstić information content (AvgIpc) is 3.36. The monoisotopic (exact) mass is 1070 g/mol. The van der Waals surface area contributed by atoms with Crippen LogP contribution < -0.4 is 21.6 Å². The number of nitrogens with zero attached hydrogens (tertiary/aromatic N) is 5. The number of carbonyl (C=O) groups is 3. The van der Waals surface area contributed by atoms with E-state index >= 15 is 0 Å². The number of aromatic nitrogens is 2. The van der Waals surface area contributed by atoms with Crippen LogP contribution >= 0.6 is 0 Å². The van der Waals surface area contributed by atoms with Crippen molar-refractivity contribution in [1.82, 2.24) is 35.7 Å². The van der Waals surface area contributed by atoms with Gasteiger partial charge in [0.15, 0.2) is 5.78 Å². The van der Waals surface area contributed by atoms with Crippen LogP contribution in [0.5, 0.6) is 0 Å². The van der Waals surface area contributed by atoms with Crippen molar-refractivity contribution in [2.75, 3.05) is 13.1 Å². The van der Waals surface area contributed by atoms with Crippen molar-refractivity contribution in [3.8, 4) is 0 Å². The molecule has 0 amide bonds. The normalized spacial score (nSPS) is 17.2. The van der Waals surface area contributed by atoms with Crippen LogP contribution in [0.1, 0.15) is 134 Å². The molecule has 1 saturated heterocycles. The second-order valence-electron chi connectivity index (χ2n) is 21.3. The molecule has 1 aliphatic carbocycles. The van der Waals surface area contributed by atoms with Crippen LogP contribution in [0.3, 0.4) is 0 Å². The summed E-state index contributed by atoms with van der Waals surface area (Å²) in [6.45, 7) is 48.3. The number of piperidine rings is 1. The SMILES string of the molecule is C=C1C=CC(C(C)C)=CN1.C=C1C=CC=C(C(C)C)N1CC(=O)O.C=C1C=NC(C(C)C)=CN1.C=C1C=NC=C(C(C)C)N1.C=C1CCCC(C(C)C)N1CC(=O)O.CC(C)C1=CC=CCC1=O.CC(C)c1ccnc(=O)[nH]1. The van der Waals surface area contributed by atoms with Crippen LogP contribution in [-0.4, -0.2) is 79.3 Å². The number of carboxylic acids is 2. The number of H-pyrrole nitrogens is 1. The molecule has 6 aliphatic rings. The fourth-order valence-corrected chi connectivity index (χ4v) is 7.63. The molecule has 0 radical (unpaired) electrons. The number of ketones is 1. The number of dihydropyridines is 1. The molecule has 15 nitrogen and oxygen atoms in total. The Bertz CT molecular complexity index is 2560. The molecule has 426 valence electrons. The Kier molecular flexibility index (Phi) is 31.3. The van der Waals surface area contributed by atoms with Crippen molar-refractivity contribution in [3.63, 3.8) is 0 Å². The molecule has 15 heteroatoms. The maximum atomic E-state index is 11.1. The smallest absolute Gasteiger partial charge is 0.345 e. The minimum Gasteiger partial charge on any atom is -0.480 e. The first-order valence-electron chi connectivity index (χ1n) is 27.0. The highest BCUT2D eigenvalue weighted by molar-refractivity contribution is 5.98. The van der Waals surface area contributed by atoms with Gasteiger partial charge in [-0.3, -0.25) is 24.4 Å². The molecule has 1 fully saturated rings. The van der Waals surface area contributed by atoms with Crippen molar-refractivity contribution in [2.24, 2.45) is 45.5 Å². The Morgan fingerprint density at radius 1 is 0.718 bits per heavy atom. The third-order valence-corrected chi connectivity index (χ3v) is 12.2. The minimum atomic E-state index is -0.840. The Morgan fingerprint density at radius 3 is 1.81 bits per heavy atom. The average molecular weight is 1070 g/mol. The molecular weight excluding hydrogens is 979 g/mol. The summed E-state index contributed by atoms with van der Waals surface area (Å²) < 4.78 is 0. The molecule has 0 spiro atoms. The van der Waals surface area contributed by atoms with E-state index in [2.05, 4.69) is 130 Å². The van der Waals surface area contributed by atoms with Gasteiger partial charge in [-0.1, -0.05) is 160 Å². The summed E-state index contributed by atoms with van der Waals surface area (Å²) in [6.07, 6.45) is 30.0.